The highest BCUT2D eigenvalue weighted by Gasteiger charge is 2.12. The van der Waals surface area contributed by atoms with E-state index in [1.165, 1.54) is 7.11 Å². The summed E-state index contributed by atoms with van der Waals surface area (Å²) in [5, 5.41) is 0. The number of hydrogen-bond acceptors (Lipinski definition) is 4. The van der Waals surface area contributed by atoms with Crippen molar-refractivity contribution in [2.75, 3.05) is 7.11 Å². The predicted octanol–water partition coefficient (Wildman–Crippen LogP) is 0.793. The number of carbonyl (C=O) groups excluding carboxylic acids is 1. The van der Waals surface area contributed by atoms with Crippen LogP contribution in [-0.2, 0) is 0 Å². The van der Waals surface area contributed by atoms with Gasteiger partial charge in [-0.15, -0.1) is 0 Å². The molecule has 94 valence electrons. The van der Waals surface area contributed by atoms with Crippen molar-refractivity contribution in [1.82, 2.24) is 15.0 Å². The van der Waals surface area contributed by atoms with Crippen LogP contribution in [0.4, 0.5) is 0 Å². The number of nitrogen functional groups attached to an aromatic ring is 1. The van der Waals surface area contributed by atoms with E-state index >= 15 is 0 Å². The van der Waals surface area contributed by atoms with E-state index in [-0.39, 0.29) is 5.69 Å². The minimum Gasteiger partial charge on any atom is -0.479 e. The number of aryl methyl sites for hydroxylation is 1. The van der Waals surface area contributed by atoms with E-state index in [9.17, 15) is 4.79 Å². The summed E-state index contributed by atoms with van der Waals surface area (Å²) in [6, 6.07) is 5.32. The number of nitrogens with two attached hydrogens (primary N) is 1. The van der Waals surface area contributed by atoms with Crippen molar-refractivity contribution in [2.24, 2.45) is 5.84 Å². The fourth-order valence-electron chi connectivity index (χ4n) is 1.63. The Kier molecular flexibility index (Phi) is 3.29. The second kappa shape index (κ2) is 4.89. The zero-order valence-electron chi connectivity index (χ0n) is 10.2. The molecule has 0 fully saturated rings. The molecular formula is C12H14N4O2. The van der Waals surface area contributed by atoms with Gasteiger partial charge in [-0.25, -0.2) is 10.8 Å². The summed E-state index contributed by atoms with van der Waals surface area (Å²) in [5.74, 6) is 4.97. The maximum absolute atomic E-state index is 11.4. The molecule has 0 aliphatic heterocycles. The van der Waals surface area contributed by atoms with Gasteiger partial charge in [0.2, 0.25) is 5.88 Å². The van der Waals surface area contributed by atoms with Crippen LogP contribution >= 0.6 is 0 Å². The van der Waals surface area contributed by atoms with E-state index in [0.717, 1.165) is 11.3 Å². The molecule has 0 atom stereocenters. The van der Waals surface area contributed by atoms with E-state index in [2.05, 4.69) is 4.98 Å². The molecule has 2 aromatic heterocycles. The number of ether oxygens (including phenoxy) is 1. The zero-order chi connectivity index (χ0) is 13.1. The van der Waals surface area contributed by atoms with Gasteiger partial charge in [0, 0.05) is 12.4 Å². The fourth-order valence-corrected chi connectivity index (χ4v) is 1.63. The van der Waals surface area contributed by atoms with Gasteiger partial charge in [0.15, 0.2) is 0 Å². The van der Waals surface area contributed by atoms with Crippen molar-refractivity contribution in [3.8, 4) is 11.6 Å². The van der Waals surface area contributed by atoms with Crippen molar-refractivity contribution in [3.63, 3.8) is 0 Å². The average Bonchev–Trinajstić information content (AvgIpc) is 2.83. The number of hydrogen-bond donors (Lipinski definition) is 2. The van der Waals surface area contributed by atoms with E-state index < -0.39 is 5.91 Å². The Bertz CT molecular complexity index is 577. The summed E-state index contributed by atoms with van der Waals surface area (Å²) in [7, 11) is 1.51. The Hall–Kier alpha value is -2.34. The molecule has 0 aromatic carbocycles. The molecule has 2 aromatic rings. The van der Waals surface area contributed by atoms with Gasteiger partial charge in [-0.2, -0.15) is 0 Å². The smallest absolute Gasteiger partial charge is 0.283 e. The molecule has 2 heterocycles. The molecule has 18 heavy (non-hydrogen) atoms. The molecule has 0 spiro atoms. The first-order valence-electron chi connectivity index (χ1n) is 5.36. The molecule has 0 unspecified atom stereocenters. The summed E-state index contributed by atoms with van der Waals surface area (Å²) in [4.78, 5) is 15.5. The molecule has 0 bridgehead atoms. The van der Waals surface area contributed by atoms with Crippen LogP contribution in [0.2, 0.25) is 0 Å². The molecule has 0 aliphatic rings. The molecule has 6 nitrogen and oxygen atoms in total. The second-order valence-electron chi connectivity index (χ2n) is 3.79. The third kappa shape index (κ3) is 2.18. The van der Waals surface area contributed by atoms with Crippen molar-refractivity contribution >= 4 is 5.91 Å². The third-order valence-corrected chi connectivity index (χ3v) is 2.52. The van der Waals surface area contributed by atoms with Crippen molar-refractivity contribution in [3.05, 3.63) is 41.9 Å². The van der Waals surface area contributed by atoms with Gasteiger partial charge in [-0.05, 0) is 30.7 Å². The average molecular weight is 246 g/mol. The summed E-state index contributed by atoms with van der Waals surface area (Å²) < 4.78 is 7.07. The number of carbonyl (C=O) groups is 1. The first-order chi connectivity index (χ1) is 8.65. The van der Waals surface area contributed by atoms with Crippen LogP contribution in [0.1, 0.15) is 16.1 Å². The molecule has 0 saturated carbocycles. The Labute approximate surface area is 104 Å². The molecule has 0 radical (unpaired) electrons. The SMILES string of the molecule is COc1nc(C(=O)NN)ccc1-n1ccc(C)c1. The number of nitrogens with zero attached hydrogens (tertiary/aromatic N) is 2. The van der Waals surface area contributed by atoms with Crippen LogP contribution < -0.4 is 16.0 Å². The van der Waals surface area contributed by atoms with Gasteiger partial charge in [-0.1, -0.05) is 0 Å². The molecule has 3 N–H and O–H groups in total. The number of methoxy groups -OCH3 is 1. The van der Waals surface area contributed by atoms with Gasteiger partial charge in [0.25, 0.3) is 5.91 Å². The molecule has 2 rings (SSSR count). The molecule has 0 aliphatic carbocycles. The first kappa shape index (κ1) is 12.1. The molecule has 0 saturated heterocycles. The lowest BCUT2D eigenvalue weighted by molar-refractivity contribution is 0.0948. The van der Waals surface area contributed by atoms with E-state index in [1.54, 1.807) is 12.1 Å². The highest BCUT2D eigenvalue weighted by atomic mass is 16.5. The highest BCUT2D eigenvalue weighted by molar-refractivity contribution is 5.92. The Morgan fingerprint density at radius 2 is 2.22 bits per heavy atom. The van der Waals surface area contributed by atoms with E-state index in [4.69, 9.17) is 10.6 Å². The number of pyridine rings is 1. The van der Waals surface area contributed by atoms with Crippen LogP contribution in [0, 0.1) is 6.92 Å². The first-order valence-corrected chi connectivity index (χ1v) is 5.36. The minimum absolute atomic E-state index is 0.210. The van der Waals surface area contributed by atoms with Gasteiger partial charge in [-0.3, -0.25) is 10.2 Å². The number of rotatable bonds is 3. The lowest BCUT2D eigenvalue weighted by atomic mass is 10.3. The zero-order valence-corrected chi connectivity index (χ0v) is 10.2. The maximum Gasteiger partial charge on any atom is 0.283 e. The number of aromatic nitrogens is 2. The predicted molar refractivity (Wildman–Crippen MR) is 66.5 cm³/mol. The lowest BCUT2D eigenvalue weighted by Gasteiger charge is -2.09. The van der Waals surface area contributed by atoms with Crippen LogP contribution in [0.3, 0.4) is 0 Å². The normalized spacial score (nSPS) is 10.2. The number of amides is 1. The van der Waals surface area contributed by atoms with Gasteiger partial charge < -0.3 is 9.30 Å². The van der Waals surface area contributed by atoms with Crippen molar-refractivity contribution in [1.29, 1.82) is 0 Å². The van der Waals surface area contributed by atoms with Gasteiger partial charge in [0.05, 0.1) is 7.11 Å². The summed E-state index contributed by atoms with van der Waals surface area (Å²) >= 11 is 0. The van der Waals surface area contributed by atoms with Crippen molar-refractivity contribution < 1.29 is 9.53 Å². The fraction of sp³-hybridized carbons (Fsp3) is 0.167. The highest BCUT2D eigenvalue weighted by Crippen LogP contribution is 2.21. The number of nitrogens with one attached hydrogen (secondary N) is 1. The molecule has 1 amide bonds. The van der Waals surface area contributed by atoms with Crippen molar-refractivity contribution in [2.45, 2.75) is 6.92 Å². The Morgan fingerprint density at radius 3 is 2.78 bits per heavy atom. The molecular weight excluding hydrogens is 232 g/mol. The summed E-state index contributed by atoms with van der Waals surface area (Å²) in [6.45, 7) is 1.99. The van der Waals surface area contributed by atoms with Crippen LogP contribution in [0.15, 0.2) is 30.6 Å². The van der Waals surface area contributed by atoms with Gasteiger partial charge in [0.1, 0.15) is 11.4 Å². The van der Waals surface area contributed by atoms with Crippen LogP contribution in [0.25, 0.3) is 5.69 Å². The van der Waals surface area contributed by atoms with Gasteiger partial charge >= 0.3 is 0 Å². The second-order valence-corrected chi connectivity index (χ2v) is 3.79. The Balaban J connectivity index is 2.46. The third-order valence-electron chi connectivity index (χ3n) is 2.52. The van der Waals surface area contributed by atoms with E-state index in [1.807, 2.05) is 35.4 Å². The van der Waals surface area contributed by atoms with Crippen LogP contribution in [0.5, 0.6) is 5.88 Å². The number of hydrazine groups is 1. The summed E-state index contributed by atoms with van der Waals surface area (Å²) in [5.41, 5.74) is 4.13. The topological polar surface area (TPSA) is 82.2 Å². The monoisotopic (exact) mass is 246 g/mol. The minimum atomic E-state index is -0.455. The largest absolute Gasteiger partial charge is 0.479 e. The quantitative estimate of drug-likeness (QED) is 0.476. The Morgan fingerprint density at radius 1 is 1.44 bits per heavy atom. The van der Waals surface area contributed by atoms with E-state index in [0.29, 0.717) is 5.88 Å². The lowest BCUT2D eigenvalue weighted by Crippen LogP contribution is -2.30. The summed E-state index contributed by atoms with van der Waals surface area (Å²) in [6.07, 6.45) is 3.85. The van der Waals surface area contributed by atoms with Crippen LogP contribution in [-0.4, -0.2) is 22.6 Å². The molecule has 6 heteroatoms. The maximum atomic E-state index is 11.4. The standard InChI is InChI=1S/C12H14N4O2/c1-8-5-6-16(7-8)10-4-3-9(11(17)15-13)14-12(10)18-2/h3-7H,13H2,1-2H3,(H,15,17).